The largest absolute Gasteiger partial charge is 0.373 e. The molecular weight excluding hydrogens is 243 g/mol. The Bertz CT molecular complexity index is 561. The van der Waals surface area contributed by atoms with Crippen molar-refractivity contribution < 1.29 is 4.39 Å². The lowest BCUT2D eigenvalue weighted by Crippen LogP contribution is -2.03. The van der Waals surface area contributed by atoms with Crippen molar-refractivity contribution in [3.05, 3.63) is 41.5 Å². The Morgan fingerprint density at radius 3 is 2.53 bits per heavy atom. The van der Waals surface area contributed by atoms with Crippen LogP contribution in [0.25, 0.3) is 0 Å². The average molecular weight is 260 g/mol. The van der Waals surface area contributed by atoms with E-state index < -0.39 is 0 Å². The molecule has 1 heterocycles. The Kier molecular flexibility index (Phi) is 3.94. The zero-order chi connectivity index (χ0) is 13.8. The molecule has 0 radical (unpaired) electrons. The van der Waals surface area contributed by atoms with Crippen molar-refractivity contribution >= 4 is 17.3 Å². The first-order valence-corrected chi connectivity index (χ1v) is 6.21. The second-order valence-corrected chi connectivity index (χ2v) is 4.24. The van der Waals surface area contributed by atoms with Crippen molar-refractivity contribution in [3.63, 3.8) is 0 Å². The van der Waals surface area contributed by atoms with E-state index in [0.29, 0.717) is 5.82 Å². The van der Waals surface area contributed by atoms with E-state index in [0.717, 1.165) is 29.3 Å². The summed E-state index contributed by atoms with van der Waals surface area (Å²) in [5.41, 5.74) is 1.67. The first kappa shape index (κ1) is 13.3. The molecule has 2 N–H and O–H groups in total. The fourth-order valence-electron chi connectivity index (χ4n) is 1.75. The van der Waals surface area contributed by atoms with Crippen LogP contribution in [0.4, 0.5) is 21.7 Å². The number of aromatic nitrogens is 2. The number of hydrogen-bond acceptors (Lipinski definition) is 4. The lowest BCUT2D eigenvalue weighted by Gasteiger charge is -2.11. The quantitative estimate of drug-likeness (QED) is 0.885. The van der Waals surface area contributed by atoms with Gasteiger partial charge in [-0.1, -0.05) is 6.92 Å². The topological polar surface area (TPSA) is 49.8 Å². The number of nitrogens with one attached hydrogen (secondary N) is 2. The molecule has 1 aromatic heterocycles. The summed E-state index contributed by atoms with van der Waals surface area (Å²) in [6.07, 6.45) is 0.757. The molecule has 0 amide bonds. The highest BCUT2D eigenvalue weighted by Gasteiger charge is 2.05. The molecule has 19 heavy (non-hydrogen) atoms. The summed E-state index contributed by atoms with van der Waals surface area (Å²) in [5, 5.41) is 6.19. The summed E-state index contributed by atoms with van der Waals surface area (Å²) in [6.45, 7) is 3.86. The monoisotopic (exact) mass is 260 g/mol. The Morgan fingerprint density at radius 1 is 1.16 bits per heavy atom. The van der Waals surface area contributed by atoms with E-state index in [-0.39, 0.29) is 5.82 Å². The molecule has 100 valence electrons. The summed E-state index contributed by atoms with van der Waals surface area (Å²) < 4.78 is 13.1. The Morgan fingerprint density at radius 2 is 1.89 bits per heavy atom. The lowest BCUT2D eigenvalue weighted by atomic mass is 10.2. The van der Waals surface area contributed by atoms with Crippen molar-refractivity contribution in [2.24, 2.45) is 0 Å². The number of halogens is 1. The third-order valence-corrected chi connectivity index (χ3v) is 2.80. The van der Waals surface area contributed by atoms with Crippen LogP contribution in [0.3, 0.4) is 0 Å². The molecule has 0 fully saturated rings. The van der Waals surface area contributed by atoms with Gasteiger partial charge in [0.15, 0.2) is 0 Å². The number of anilines is 3. The van der Waals surface area contributed by atoms with Crippen molar-refractivity contribution in [1.29, 1.82) is 0 Å². The van der Waals surface area contributed by atoms with E-state index in [1.807, 2.05) is 27.0 Å². The van der Waals surface area contributed by atoms with Gasteiger partial charge in [-0.15, -0.1) is 0 Å². The molecule has 0 atom stereocenters. The van der Waals surface area contributed by atoms with Gasteiger partial charge in [0, 0.05) is 25.2 Å². The van der Waals surface area contributed by atoms with Crippen LogP contribution in [0.1, 0.15) is 18.3 Å². The van der Waals surface area contributed by atoms with Gasteiger partial charge in [-0.3, -0.25) is 0 Å². The molecule has 0 saturated carbocycles. The van der Waals surface area contributed by atoms with Crippen LogP contribution in [-0.2, 0) is 6.42 Å². The van der Waals surface area contributed by atoms with Gasteiger partial charge in [0.2, 0.25) is 0 Å². The van der Waals surface area contributed by atoms with E-state index in [1.54, 1.807) is 6.07 Å². The minimum Gasteiger partial charge on any atom is -0.373 e. The smallest absolute Gasteiger partial charge is 0.136 e. The maximum absolute atomic E-state index is 13.1. The van der Waals surface area contributed by atoms with Crippen molar-refractivity contribution in [3.8, 4) is 0 Å². The summed E-state index contributed by atoms with van der Waals surface area (Å²) in [5.74, 6) is 1.98. The molecule has 5 heteroatoms. The molecule has 0 saturated heterocycles. The lowest BCUT2D eigenvalue weighted by molar-refractivity contribution is 0.627. The van der Waals surface area contributed by atoms with Gasteiger partial charge in [-0.25, -0.2) is 14.4 Å². The summed E-state index contributed by atoms with van der Waals surface area (Å²) in [4.78, 5) is 8.73. The second kappa shape index (κ2) is 5.65. The number of nitrogens with zero attached hydrogens (tertiary/aromatic N) is 2. The van der Waals surface area contributed by atoms with E-state index in [9.17, 15) is 4.39 Å². The van der Waals surface area contributed by atoms with Gasteiger partial charge in [0.05, 0.1) is 0 Å². The van der Waals surface area contributed by atoms with Crippen LogP contribution in [-0.4, -0.2) is 17.0 Å². The second-order valence-electron chi connectivity index (χ2n) is 4.24. The normalized spacial score (nSPS) is 10.3. The Balaban J connectivity index is 2.31. The third kappa shape index (κ3) is 3.19. The van der Waals surface area contributed by atoms with Gasteiger partial charge in [0.25, 0.3) is 0 Å². The SMILES string of the molecule is CCc1nc(NC)cc(Nc2ccc(F)cc2C)n1. The molecule has 2 rings (SSSR count). The van der Waals surface area contributed by atoms with Crippen molar-refractivity contribution in [2.75, 3.05) is 17.7 Å². The van der Waals surface area contributed by atoms with Gasteiger partial charge < -0.3 is 10.6 Å². The summed E-state index contributed by atoms with van der Waals surface area (Å²) in [7, 11) is 1.81. The molecule has 2 aromatic rings. The molecule has 0 aliphatic heterocycles. The number of benzene rings is 1. The molecule has 0 aliphatic carbocycles. The third-order valence-electron chi connectivity index (χ3n) is 2.80. The van der Waals surface area contributed by atoms with Crippen molar-refractivity contribution in [1.82, 2.24) is 9.97 Å². The van der Waals surface area contributed by atoms with E-state index in [1.165, 1.54) is 12.1 Å². The van der Waals surface area contributed by atoms with Crippen LogP contribution >= 0.6 is 0 Å². The van der Waals surface area contributed by atoms with E-state index >= 15 is 0 Å². The highest BCUT2D eigenvalue weighted by Crippen LogP contribution is 2.21. The molecule has 0 spiro atoms. The van der Waals surface area contributed by atoms with Gasteiger partial charge in [-0.05, 0) is 30.7 Å². The number of hydrogen-bond donors (Lipinski definition) is 2. The molecule has 0 bridgehead atoms. The van der Waals surface area contributed by atoms with Crippen molar-refractivity contribution in [2.45, 2.75) is 20.3 Å². The van der Waals surface area contributed by atoms with Crippen LogP contribution in [0.2, 0.25) is 0 Å². The molecule has 1 aromatic carbocycles. The van der Waals surface area contributed by atoms with Gasteiger partial charge in [0.1, 0.15) is 23.3 Å². The summed E-state index contributed by atoms with van der Waals surface area (Å²) >= 11 is 0. The zero-order valence-corrected chi connectivity index (χ0v) is 11.3. The van der Waals surface area contributed by atoms with E-state index in [2.05, 4.69) is 20.6 Å². The summed E-state index contributed by atoms with van der Waals surface area (Å²) in [6, 6.07) is 6.44. The van der Waals surface area contributed by atoms with Gasteiger partial charge >= 0.3 is 0 Å². The first-order valence-electron chi connectivity index (χ1n) is 6.21. The fourth-order valence-corrected chi connectivity index (χ4v) is 1.75. The Labute approximate surface area is 112 Å². The molecular formula is C14H17FN4. The molecule has 0 aliphatic rings. The maximum atomic E-state index is 13.1. The molecule has 4 nitrogen and oxygen atoms in total. The predicted octanol–water partition coefficient (Wildman–Crippen LogP) is 3.27. The van der Waals surface area contributed by atoms with Crippen LogP contribution < -0.4 is 10.6 Å². The van der Waals surface area contributed by atoms with Gasteiger partial charge in [-0.2, -0.15) is 0 Å². The van der Waals surface area contributed by atoms with Crippen LogP contribution in [0.5, 0.6) is 0 Å². The van der Waals surface area contributed by atoms with E-state index in [4.69, 9.17) is 0 Å². The first-order chi connectivity index (χ1) is 9.12. The zero-order valence-electron chi connectivity index (χ0n) is 11.3. The highest BCUT2D eigenvalue weighted by atomic mass is 19.1. The predicted molar refractivity (Wildman–Crippen MR) is 75.4 cm³/mol. The number of aryl methyl sites for hydroxylation is 2. The van der Waals surface area contributed by atoms with Crippen LogP contribution in [0.15, 0.2) is 24.3 Å². The number of rotatable bonds is 4. The highest BCUT2D eigenvalue weighted by molar-refractivity contribution is 5.62. The minimum atomic E-state index is -0.240. The average Bonchev–Trinajstić information content (AvgIpc) is 2.41. The fraction of sp³-hybridized carbons (Fsp3) is 0.286. The molecule has 0 unspecified atom stereocenters. The minimum absolute atomic E-state index is 0.240. The van der Waals surface area contributed by atoms with Crippen LogP contribution in [0, 0.1) is 12.7 Å². The maximum Gasteiger partial charge on any atom is 0.136 e. The Hall–Kier alpha value is -2.17. The standard InChI is InChI=1S/C14H17FN4/c1-4-12-18-13(16-3)8-14(19-12)17-11-6-5-10(15)7-9(11)2/h5-8H,4H2,1-3H3,(H2,16,17,18,19).